The molecule has 0 saturated carbocycles. The highest BCUT2D eigenvalue weighted by molar-refractivity contribution is 7.17. The number of nitrogens with zero attached hydrogens (tertiary/aromatic N) is 2. The number of rotatable bonds is 5. The van der Waals surface area contributed by atoms with E-state index in [0.717, 1.165) is 27.2 Å². The van der Waals surface area contributed by atoms with Crippen molar-refractivity contribution in [2.75, 3.05) is 5.32 Å². The molecule has 5 rings (SSSR count). The fourth-order valence-electron chi connectivity index (χ4n) is 3.71. The molecule has 0 aliphatic heterocycles. The number of carbonyl (C=O) groups excluding carboxylic acids is 1. The van der Waals surface area contributed by atoms with Crippen molar-refractivity contribution >= 4 is 33.1 Å². The van der Waals surface area contributed by atoms with Crippen LogP contribution in [0.1, 0.15) is 21.5 Å². The van der Waals surface area contributed by atoms with Gasteiger partial charge in [0.1, 0.15) is 4.83 Å². The largest absolute Gasteiger partial charge is 0.322 e. The lowest BCUT2D eigenvalue weighted by Gasteiger charge is -2.08. The molecule has 2 heterocycles. The Morgan fingerprint density at radius 3 is 2.42 bits per heavy atom. The topological polar surface area (TPSA) is 64.0 Å². The summed E-state index contributed by atoms with van der Waals surface area (Å²) >= 11 is 1.48. The summed E-state index contributed by atoms with van der Waals surface area (Å²) in [6.07, 6.45) is 1.59. The monoisotopic (exact) mass is 451 g/mol. The summed E-state index contributed by atoms with van der Waals surface area (Å²) in [6, 6.07) is 24.8. The van der Waals surface area contributed by atoms with Crippen LogP contribution in [0.15, 0.2) is 95.4 Å². The van der Waals surface area contributed by atoms with E-state index in [1.807, 2.05) is 79.0 Å². The van der Waals surface area contributed by atoms with E-state index in [-0.39, 0.29) is 11.5 Å². The number of fused-ring (bicyclic) bond motifs is 1. The van der Waals surface area contributed by atoms with Gasteiger partial charge in [-0.3, -0.25) is 14.2 Å². The van der Waals surface area contributed by atoms with Crippen molar-refractivity contribution in [1.82, 2.24) is 9.55 Å². The number of aryl methyl sites for hydroxylation is 1. The first-order chi connectivity index (χ1) is 16.1. The van der Waals surface area contributed by atoms with E-state index in [1.165, 1.54) is 16.9 Å². The molecular formula is C27H21N3O2S. The minimum atomic E-state index is -0.172. The maximum absolute atomic E-state index is 13.3. The number of anilines is 1. The molecule has 0 bridgehead atoms. The second-order valence-electron chi connectivity index (χ2n) is 7.89. The number of benzene rings is 3. The molecule has 0 unspecified atom stereocenters. The quantitative estimate of drug-likeness (QED) is 0.371. The normalized spacial score (nSPS) is 10.9. The van der Waals surface area contributed by atoms with Gasteiger partial charge in [0.05, 0.1) is 18.3 Å². The Labute approximate surface area is 195 Å². The van der Waals surface area contributed by atoms with Crippen molar-refractivity contribution < 1.29 is 4.79 Å². The predicted octanol–water partition coefficient (Wildman–Crippen LogP) is 5.73. The highest BCUT2D eigenvalue weighted by Crippen LogP contribution is 2.30. The average molecular weight is 452 g/mol. The van der Waals surface area contributed by atoms with Crippen molar-refractivity contribution in [3.8, 4) is 11.1 Å². The summed E-state index contributed by atoms with van der Waals surface area (Å²) in [6.45, 7) is 2.42. The average Bonchev–Trinajstić information content (AvgIpc) is 3.27. The maximum atomic E-state index is 13.3. The van der Waals surface area contributed by atoms with Crippen LogP contribution in [-0.4, -0.2) is 15.5 Å². The van der Waals surface area contributed by atoms with E-state index in [0.29, 0.717) is 17.5 Å². The minimum Gasteiger partial charge on any atom is -0.322 e. The highest BCUT2D eigenvalue weighted by atomic mass is 32.1. The number of nitrogens with one attached hydrogen (secondary N) is 1. The summed E-state index contributed by atoms with van der Waals surface area (Å²) < 4.78 is 1.62. The summed E-state index contributed by atoms with van der Waals surface area (Å²) in [5, 5.41) is 5.51. The standard InChI is InChI=1S/C27H21N3O2S/c1-18-7-11-20(12-8-18)23-16-33-26-24(23)27(32)30(17-28-26)15-19-9-13-21(14-10-19)25(31)29-22-5-3-2-4-6-22/h2-14,16-17H,15H2,1H3,(H,29,31). The smallest absolute Gasteiger partial charge is 0.263 e. The first-order valence-corrected chi connectivity index (χ1v) is 11.5. The molecular weight excluding hydrogens is 430 g/mol. The van der Waals surface area contributed by atoms with Gasteiger partial charge in [-0.2, -0.15) is 0 Å². The second kappa shape index (κ2) is 8.84. The third-order valence-electron chi connectivity index (χ3n) is 5.52. The zero-order chi connectivity index (χ0) is 22.8. The van der Waals surface area contributed by atoms with Crippen LogP contribution in [0.3, 0.4) is 0 Å². The molecule has 5 nitrogen and oxygen atoms in total. The van der Waals surface area contributed by atoms with E-state index in [2.05, 4.69) is 10.3 Å². The number of carbonyl (C=O) groups is 1. The molecule has 0 spiro atoms. The first kappa shape index (κ1) is 20.8. The molecule has 2 aromatic heterocycles. The number of thiophene rings is 1. The zero-order valence-electron chi connectivity index (χ0n) is 18.0. The first-order valence-electron chi connectivity index (χ1n) is 10.6. The molecule has 1 N–H and O–H groups in total. The van der Waals surface area contributed by atoms with Gasteiger partial charge in [-0.1, -0.05) is 60.2 Å². The highest BCUT2D eigenvalue weighted by Gasteiger charge is 2.14. The Hall–Kier alpha value is -4.03. The summed E-state index contributed by atoms with van der Waals surface area (Å²) in [7, 11) is 0. The SMILES string of the molecule is Cc1ccc(-c2csc3ncn(Cc4ccc(C(=O)Nc5ccccc5)cc4)c(=O)c23)cc1. The van der Waals surface area contributed by atoms with Crippen LogP contribution in [0.4, 0.5) is 5.69 Å². The lowest BCUT2D eigenvalue weighted by Crippen LogP contribution is -2.21. The predicted molar refractivity (Wildman–Crippen MR) is 134 cm³/mol. The molecule has 1 amide bonds. The Morgan fingerprint density at radius 1 is 0.970 bits per heavy atom. The number of para-hydroxylation sites is 1. The van der Waals surface area contributed by atoms with E-state index < -0.39 is 0 Å². The third kappa shape index (κ3) is 4.33. The Kier molecular flexibility index (Phi) is 5.59. The minimum absolute atomic E-state index is 0.0669. The molecule has 0 saturated heterocycles. The van der Waals surface area contributed by atoms with Crippen LogP contribution in [-0.2, 0) is 6.54 Å². The fraction of sp³-hybridized carbons (Fsp3) is 0.0741. The molecule has 0 aliphatic carbocycles. The van der Waals surface area contributed by atoms with Crippen molar-refractivity contribution in [2.24, 2.45) is 0 Å². The van der Waals surface area contributed by atoms with Crippen LogP contribution >= 0.6 is 11.3 Å². The molecule has 3 aromatic carbocycles. The van der Waals surface area contributed by atoms with Crippen LogP contribution in [0.25, 0.3) is 21.3 Å². The second-order valence-corrected chi connectivity index (χ2v) is 8.75. The van der Waals surface area contributed by atoms with Crippen LogP contribution in [0.5, 0.6) is 0 Å². The number of aromatic nitrogens is 2. The summed E-state index contributed by atoms with van der Waals surface area (Å²) in [5.74, 6) is -0.172. The van der Waals surface area contributed by atoms with Gasteiger partial charge in [-0.15, -0.1) is 11.3 Å². The Morgan fingerprint density at radius 2 is 1.70 bits per heavy atom. The summed E-state index contributed by atoms with van der Waals surface area (Å²) in [4.78, 5) is 31.0. The number of amides is 1. The summed E-state index contributed by atoms with van der Waals surface area (Å²) in [5.41, 5.74) is 5.26. The van der Waals surface area contributed by atoms with Gasteiger partial charge in [-0.05, 0) is 42.3 Å². The van der Waals surface area contributed by atoms with Gasteiger partial charge in [-0.25, -0.2) is 4.98 Å². The third-order valence-corrected chi connectivity index (χ3v) is 6.41. The Bertz CT molecular complexity index is 1490. The number of hydrogen-bond acceptors (Lipinski definition) is 4. The van der Waals surface area contributed by atoms with Crippen molar-refractivity contribution in [1.29, 1.82) is 0 Å². The molecule has 0 aliphatic rings. The van der Waals surface area contributed by atoms with E-state index in [9.17, 15) is 9.59 Å². The van der Waals surface area contributed by atoms with Crippen LogP contribution in [0.2, 0.25) is 0 Å². The van der Waals surface area contributed by atoms with Gasteiger partial charge in [0.2, 0.25) is 0 Å². The molecule has 0 radical (unpaired) electrons. The lowest BCUT2D eigenvalue weighted by molar-refractivity contribution is 0.102. The maximum Gasteiger partial charge on any atom is 0.263 e. The number of hydrogen-bond donors (Lipinski definition) is 1. The van der Waals surface area contributed by atoms with Crippen molar-refractivity contribution in [3.05, 3.63) is 118 Å². The molecule has 162 valence electrons. The molecule has 33 heavy (non-hydrogen) atoms. The zero-order valence-corrected chi connectivity index (χ0v) is 18.8. The molecule has 0 fully saturated rings. The van der Waals surface area contributed by atoms with Gasteiger partial charge >= 0.3 is 0 Å². The lowest BCUT2D eigenvalue weighted by atomic mass is 10.1. The molecule has 5 aromatic rings. The van der Waals surface area contributed by atoms with Crippen molar-refractivity contribution in [2.45, 2.75) is 13.5 Å². The van der Waals surface area contributed by atoms with E-state index in [1.54, 1.807) is 23.0 Å². The van der Waals surface area contributed by atoms with Gasteiger partial charge in [0, 0.05) is 22.2 Å². The van der Waals surface area contributed by atoms with Crippen LogP contribution < -0.4 is 10.9 Å². The molecule has 6 heteroatoms. The van der Waals surface area contributed by atoms with Gasteiger partial charge < -0.3 is 5.32 Å². The van der Waals surface area contributed by atoms with Gasteiger partial charge in [0.25, 0.3) is 11.5 Å². The Balaban J connectivity index is 1.39. The van der Waals surface area contributed by atoms with Gasteiger partial charge in [0.15, 0.2) is 0 Å². The van der Waals surface area contributed by atoms with E-state index >= 15 is 0 Å². The van der Waals surface area contributed by atoms with E-state index in [4.69, 9.17) is 0 Å². The molecule has 0 atom stereocenters. The van der Waals surface area contributed by atoms with Crippen LogP contribution in [0, 0.1) is 6.92 Å². The fourth-order valence-corrected chi connectivity index (χ4v) is 4.62. The van der Waals surface area contributed by atoms with Crippen molar-refractivity contribution in [3.63, 3.8) is 0 Å².